The van der Waals surface area contributed by atoms with Crippen molar-refractivity contribution in [1.82, 2.24) is 18.8 Å². The van der Waals surface area contributed by atoms with E-state index in [2.05, 4.69) is 20.9 Å². The zero-order valence-corrected chi connectivity index (χ0v) is 17.8. The Bertz CT molecular complexity index is 1950. The van der Waals surface area contributed by atoms with Crippen LogP contribution in [0.15, 0.2) is 84.9 Å². The zero-order valence-electron chi connectivity index (χ0n) is 17.8. The van der Waals surface area contributed by atoms with Crippen LogP contribution in [0, 0.1) is 22.7 Å². The van der Waals surface area contributed by atoms with Crippen molar-refractivity contribution in [3.8, 4) is 12.1 Å². The number of nitriles is 2. The van der Waals surface area contributed by atoms with Gasteiger partial charge in [-0.3, -0.25) is 8.80 Å². The van der Waals surface area contributed by atoms with Gasteiger partial charge in [0.05, 0.1) is 56.4 Å². The monoisotopic (exact) mass is 434 g/mol. The van der Waals surface area contributed by atoms with Crippen molar-refractivity contribution in [3.63, 3.8) is 0 Å². The summed E-state index contributed by atoms with van der Waals surface area (Å²) < 4.78 is 4.18. The van der Waals surface area contributed by atoms with Crippen LogP contribution in [0.1, 0.15) is 11.1 Å². The Hall–Kier alpha value is -5.20. The van der Waals surface area contributed by atoms with Gasteiger partial charge < -0.3 is 0 Å². The fourth-order valence-corrected chi connectivity index (χ4v) is 4.87. The Labute approximate surface area is 192 Å². The molecule has 0 aliphatic carbocycles. The van der Waals surface area contributed by atoms with Gasteiger partial charge in [0, 0.05) is 10.8 Å². The molecule has 34 heavy (non-hydrogen) atoms. The van der Waals surface area contributed by atoms with Gasteiger partial charge in [0.15, 0.2) is 11.3 Å². The summed E-state index contributed by atoms with van der Waals surface area (Å²) in [7, 11) is 0. The van der Waals surface area contributed by atoms with E-state index in [1.165, 1.54) is 0 Å². The predicted molar refractivity (Wildman–Crippen MR) is 132 cm³/mol. The minimum Gasteiger partial charge on any atom is -0.289 e. The van der Waals surface area contributed by atoms with E-state index in [4.69, 9.17) is 9.97 Å². The fourth-order valence-electron chi connectivity index (χ4n) is 4.87. The smallest absolute Gasteiger partial charge is 0.182 e. The molecule has 0 spiro atoms. The first-order chi connectivity index (χ1) is 16.8. The van der Waals surface area contributed by atoms with Crippen molar-refractivity contribution < 1.29 is 0 Å². The van der Waals surface area contributed by atoms with E-state index in [1.54, 1.807) is 0 Å². The number of benzene rings is 4. The summed E-state index contributed by atoms with van der Waals surface area (Å²) in [6.45, 7) is 0. The van der Waals surface area contributed by atoms with Gasteiger partial charge in [0.25, 0.3) is 0 Å². The van der Waals surface area contributed by atoms with E-state index in [0.29, 0.717) is 22.4 Å². The Morgan fingerprint density at radius 1 is 0.529 bits per heavy atom. The molecule has 156 valence electrons. The van der Waals surface area contributed by atoms with Gasteiger partial charge in [0.1, 0.15) is 0 Å². The lowest BCUT2D eigenvalue weighted by Crippen LogP contribution is -1.95. The van der Waals surface area contributed by atoms with Crippen LogP contribution in [0.5, 0.6) is 0 Å². The van der Waals surface area contributed by atoms with Crippen LogP contribution >= 0.6 is 0 Å². The highest BCUT2D eigenvalue weighted by Gasteiger charge is 2.16. The van der Waals surface area contributed by atoms with E-state index in [-0.39, 0.29) is 0 Å². The fraction of sp³-hybridized carbons (Fsp3) is 0. The van der Waals surface area contributed by atoms with Crippen LogP contribution in [0.4, 0.5) is 0 Å². The molecule has 0 atom stereocenters. The molecule has 3 heterocycles. The number of para-hydroxylation sites is 4. The second-order valence-corrected chi connectivity index (χ2v) is 8.21. The number of hydrogen-bond donors (Lipinski definition) is 0. The van der Waals surface area contributed by atoms with E-state index in [0.717, 1.165) is 43.9 Å². The lowest BCUT2D eigenvalue weighted by atomic mass is 10.1. The Kier molecular flexibility index (Phi) is 3.59. The molecule has 0 aliphatic rings. The van der Waals surface area contributed by atoms with Gasteiger partial charge in [-0.15, -0.1) is 0 Å². The summed E-state index contributed by atoms with van der Waals surface area (Å²) in [6, 6.07) is 31.9. The van der Waals surface area contributed by atoms with Crippen LogP contribution in [0.2, 0.25) is 0 Å². The molecular weight excluding hydrogens is 420 g/mol. The Morgan fingerprint density at radius 3 is 1.41 bits per heavy atom. The molecule has 0 radical (unpaired) electrons. The lowest BCUT2D eigenvalue weighted by Gasteiger charge is -2.09. The van der Waals surface area contributed by atoms with Crippen LogP contribution in [-0.2, 0) is 0 Å². The van der Waals surface area contributed by atoms with Gasteiger partial charge in [-0.2, -0.15) is 10.5 Å². The van der Waals surface area contributed by atoms with Gasteiger partial charge in [-0.25, -0.2) is 9.97 Å². The molecule has 7 rings (SSSR count). The molecule has 0 saturated carbocycles. The standard InChI is InChI=1S/C28H14N6/c29-15-17-9-11-19-20-12-10-18(16-30)14-26(20)34-24-8-4-2-6-22(24)32-28(34)27-31-21-5-1-3-7-23(21)33(27)25(19)13-17/h1-14H. The molecule has 7 aromatic rings. The zero-order chi connectivity index (χ0) is 22.8. The maximum absolute atomic E-state index is 9.67. The first-order valence-corrected chi connectivity index (χ1v) is 10.8. The molecule has 4 aromatic carbocycles. The molecule has 6 nitrogen and oxygen atoms in total. The van der Waals surface area contributed by atoms with Crippen molar-refractivity contribution in [2.24, 2.45) is 0 Å². The van der Waals surface area contributed by atoms with E-state index in [9.17, 15) is 10.5 Å². The second kappa shape index (κ2) is 6.65. The van der Waals surface area contributed by atoms with E-state index >= 15 is 0 Å². The number of fused-ring (bicyclic) bond motifs is 12. The molecule has 0 bridgehead atoms. The third kappa shape index (κ3) is 2.37. The number of rotatable bonds is 0. The minimum absolute atomic E-state index is 0.562. The van der Waals surface area contributed by atoms with Gasteiger partial charge in [-0.1, -0.05) is 36.4 Å². The molecule has 3 aromatic heterocycles. The van der Waals surface area contributed by atoms with Crippen LogP contribution < -0.4 is 0 Å². The third-order valence-corrected chi connectivity index (χ3v) is 6.35. The van der Waals surface area contributed by atoms with Crippen LogP contribution in [0.3, 0.4) is 0 Å². The number of nitrogens with zero attached hydrogens (tertiary/aromatic N) is 6. The number of hydrogen-bond acceptors (Lipinski definition) is 4. The summed E-state index contributed by atoms with van der Waals surface area (Å²) in [5.74, 6) is 0. The van der Waals surface area contributed by atoms with Crippen molar-refractivity contribution in [3.05, 3.63) is 96.1 Å². The highest BCUT2D eigenvalue weighted by atomic mass is 15.1. The summed E-state index contributed by atoms with van der Waals surface area (Å²) >= 11 is 0. The predicted octanol–water partition coefficient (Wildman–Crippen LogP) is 5.90. The first-order valence-electron chi connectivity index (χ1n) is 10.8. The lowest BCUT2D eigenvalue weighted by molar-refractivity contribution is 1.24. The molecule has 0 unspecified atom stereocenters. The molecular formula is C28H14N6. The van der Waals surface area contributed by atoms with Crippen LogP contribution in [-0.4, -0.2) is 18.8 Å². The van der Waals surface area contributed by atoms with E-state index in [1.807, 2.05) is 84.9 Å². The second-order valence-electron chi connectivity index (χ2n) is 8.21. The number of aromatic nitrogens is 4. The van der Waals surface area contributed by atoms with E-state index < -0.39 is 0 Å². The highest BCUT2D eigenvalue weighted by molar-refractivity contribution is 6.08. The topological polar surface area (TPSA) is 82.2 Å². The molecule has 6 heteroatoms. The molecule has 0 aliphatic heterocycles. The molecule has 0 N–H and O–H groups in total. The summed E-state index contributed by atoms with van der Waals surface area (Å²) in [4.78, 5) is 9.99. The van der Waals surface area contributed by atoms with Crippen molar-refractivity contribution in [2.75, 3.05) is 0 Å². The summed E-state index contributed by atoms with van der Waals surface area (Å²) in [5.41, 5.74) is 7.75. The minimum atomic E-state index is 0.562. The van der Waals surface area contributed by atoms with Gasteiger partial charge in [-0.05, 0) is 48.5 Å². The normalized spacial score (nSPS) is 11.5. The average Bonchev–Trinajstić information content (AvgIpc) is 3.45. The maximum atomic E-state index is 9.67. The van der Waals surface area contributed by atoms with Crippen molar-refractivity contribution >= 4 is 55.2 Å². The molecule has 0 amide bonds. The Morgan fingerprint density at radius 2 is 0.971 bits per heavy atom. The average molecular weight is 434 g/mol. The Balaban J connectivity index is 1.96. The van der Waals surface area contributed by atoms with Crippen molar-refractivity contribution in [1.29, 1.82) is 10.5 Å². The largest absolute Gasteiger partial charge is 0.289 e. The van der Waals surface area contributed by atoms with Gasteiger partial charge >= 0.3 is 0 Å². The van der Waals surface area contributed by atoms with Crippen LogP contribution in [0.25, 0.3) is 55.2 Å². The van der Waals surface area contributed by atoms with Gasteiger partial charge in [0.2, 0.25) is 0 Å². The summed E-state index contributed by atoms with van der Waals surface area (Å²) in [5, 5.41) is 21.2. The highest BCUT2D eigenvalue weighted by Crippen LogP contribution is 2.32. The SMILES string of the molecule is N#Cc1ccc2c3ccc(C#N)cc3n3c4ccccc4nc3c3nc4ccccc4n3c2c1. The first kappa shape index (κ1) is 18.4. The van der Waals surface area contributed by atoms with Crippen molar-refractivity contribution in [2.45, 2.75) is 0 Å². The quantitative estimate of drug-likeness (QED) is 0.298. The summed E-state index contributed by atoms with van der Waals surface area (Å²) in [6.07, 6.45) is 0. The molecule has 0 saturated heterocycles. The maximum Gasteiger partial charge on any atom is 0.182 e. The number of imidazole rings is 2. The third-order valence-electron chi connectivity index (χ3n) is 6.35. The molecule has 0 fully saturated rings.